The van der Waals surface area contributed by atoms with E-state index in [-0.39, 0.29) is 0 Å². The van der Waals surface area contributed by atoms with Crippen molar-refractivity contribution in [2.45, 2.75) is 0 Å². The van der Waals surface area contributed by atoms with Crippen molar-refractivity contribution in [3.63, 3.8) is 0 Å². The quantitative estimate of drug-likeness (QED) is 0.170. The predicted molar refractivity (Wildman–Crippen MR) is 235 cm³/mol. The lowest BCUT2D eigenvalue weighted by Crippen LogP contribution is -1.91. The highest BCUT2D eigenvalue weighted by Gasteiger charge is 2.22. The fourth-order valence-corrected chi connectivity index (χ4v) is 9.17. The van der Waals surface area contributed by atoms with Gasteiger partial charge in [-0.1, -0.05) is 170 Å². The Balaban J connectivity index is 1.06. The van der Waals surface area contributed by atoms with Gasteiger partial charge in [-0.2, -0.15) is 0 Å². The second kappa shape index (κ2) is 12.0. The molecule has 12 aromatic rings. The van der Waals surface area contributed by atoms with Crippen LogP contribution in [0.2, 0.25) is 0 Å². The average Bonchev–Trinajstić information content (AvgIpc) is 3.83. The van der Waals surface area contributed by atoms with Gasteiger partial charge in [-0.25, -0.2) is 0 Å². The molecule has 0 spiro atoms. The molecule has 0 radical (unpaired) electrons. The number of hydrogen-bond acceptors (Lipinski definition) is 2. The molecule has 260 valence electrons. The van der Waals surface area contributed by atoms with E-state index in [1.54, 1.807) is 0 Å². The van der Waals surface area contributed by atoms with Crippen molar-refractivity contribution in [2.75, 3.05) is 0 Å². The van der Waals surface area contributed by atoms with Crippen molar-refractivity contribution in [1.29, 1.82) is 0 Å². The molecule has 2 heteroatoms. The molecule has 0 aliphatic heterocycles. The summed E-state index contributed by atoms with van der Waals surface area (Å²) in [5, 5.41) is 11.8. The zero-order valence-electron chi connectivity index (χ0n) is 30.3. The Morgan fingerprint density at radius 3 is 1.27 bits per heavy atom. The lowest BCUT2D eigenvalue weighted by Gasteiger charge is -2.18. The molecule has 10 aromatic carbocycles. The first-order valence-corrected chi connectivity index (χ1v) is 19.2. The highest BCUT2D eigenvalue weighted by atomic mass is 16.3. The number of rotatable bonds is 4. The molecule has 0 fully saturated rings. The van der Waals surface area contributed by atoms with Crippen molar-refractivity contribution in [3.05, 3.63) is 194 Å². The van der Waals surface area contributed by atoms with Crippen LogP contribution in [0.15, 0.2) is 203 Å². The Morgan fingerprint density at radius 2 is 0.679 bits per heavy atom. The molecule has 56 heavy (non-hydrogen) atoms. The first kappa shape index (κ1) is 31.0. The van der Waals surface area contributed by atoms with Gasteiger partial charge in [0.25, 0.3) is 0 Å². The van der Waals surface area contributed by atoms with Crippen LogP contribution < -0.4 is 0 Å². The van der Waals surface area contributed by atoms with Crippen LogP contribution in [0.4, 0.5) is 0 Å². The second-order valence-electron chi connectivity index (χ2n) is 14.7. The number of furan rings is 2. The Labute approximate surface area is 322 Å². The number of hydrogen-bond donors (Lipinski definition) is 0. The zero-order chi connectivity index (χ0) is 36.7. The summed E-state index contributed by atoms with van der Waals surface area (Å²) in [5.41, 5.74) is 12.8. The predicted octanol–water partition coefficient (Wildman–Crippen LogP) is 15.6. The molecule has 2 heterocycles. The summed E-state index contributed by atoms with van der Waals surface area (Å²) in [6.45, 7) is 0. The largest absolute Gasteiger partial charge is 0.455 e. The molecule has 2 aromatic heterocycles. The van der Waals surface area contributed by atoms with E-state index in [1.165, 1.54) is 60.1 Å². The van der Waals surface area contributed by atoms with Crippen LogP contribution in [0.3, 0.4) is 0 Å². The Morgan fingerprint density at radius 1 is 0.250 bits per heavy atom. The number of fused-ring (bicyclic) bond motifs is 9. The summed E-state index contributed by atoms with van der Waals surface area (Å²) in [7, 11) is 0. The maximum Gasteiger partial charge on any atom is 0.147 e. The molecule has 12 rings (SSSR count). The molecule has 0 aliphatic rings. The van der Waals surface area contributed by atoms with Gasteiger partial charge in [-0.15, -0.1) is 0 Å². The van der Waals surface area contributed by atoms with Gasteiger partial charge < -0.3 is 8.83 Å². The lowest BCUT2D eigenvalue weighted by molar-refractivity contribution is 0.658. The molecule has 0 bridgehead atoms. The van der Waals surface area contributed by atoms with Crippen molar-refractivity contribution < 1.29 is 8.83 Å². The van der Waals surface area contributed by atoms with Gasteiger partial charge in [0.1, 0.15) is 22.3 Å². The van der Waals surface area contributed by atoms with E-state index in [0.717, 1.165) is 60.6 Å². The summed E-state index contributed by atoms with van der Waals surface area (Å²) < 4.78 is 13.3. The first-order valence-electron chi connectivity index (χ1n) is 19.2. The lowest BCUT2D eigenvalue weighted by atomic mass is 9.85. The zero-order valence-corrected chi connectivity index (χ0v) is 30.3. The van der Waals surface area contributed by atoms with Crippen LogP contribution in [0, 0.1) is 0 Å². The molecule has 0 atom stereocenters. The second-order valence-corrected chi connectivity index (χ2v) is 14.7. The normalized spacial score (nSPS) is 11.9. The Hall–Kier alpha value is -7.42. The fraction of sp³-hybridized carbons (Fsp3) is 0. The van der Waals surface area contributed by atoms with Crippen molar-refractivity contribution >= 4 is 76.2 Å². The van der Waals surface area contributed by atoms with Gasteiger partial charge in [0.15, 0.2) is 0 Å². The Kier molecular flexibility index (Phi) is 6.66. The van der Waals surface area contributed by atoms with Gasteiger partial charge in [0, 0.05) is 21.5 Å². The van der Waals surface area contributed by atoms with Gasteiger partial charge >= 0.3 is 0 Å². The summed E-state index contributed by atoms with van der Waals surface area (Å²) in [6, 6.07) is 69.8. The minimum atomic E-state index is 0.844. The minimum absolute atomic E-state index is 0.844. The van der Waals surface area contributed by atoms with Crippen molar-refractivity contribution in [1.82, 2.24) is 0 Å². The molecule has 0 amide bonds. The summed E-state index contributed by atoms with van der Waals surface area (Å²) >= 11 is 0. The van der Waals surface area contributed by atoms with Gasteiger partial charge in [0.2, 0.25) is 0 Å². The van der Waals surface area contributed by atoms with Crippen LogP contribution in [-0.4, -0.2) is 0 Å². The number of para-hydroxylation sites is 2. The van der Waals surface area contributed by atoms with E-state index >= 15 is 0 Å². The van der Waals surface area contributed by atoms with Crippen molar-refractivity contribution in [3.8, 4) is 44.5 Å². The van der Waals surface area contributed by atoms with Gasteiger partial charge in [-0.05, 0) is 95.5 Å². The van der Waals surface area contributed by atoms with E-state index in [0.29, 0.717) is 0 Å². The van der Waals surface area contributed by atoms with E-state index in [4.69, 9.17) is 8.83 Å². The summed E-state index contributed by atoms with van der Waals surface area (Å²) in [4.78, 5) is 0. The molecule has 2 nitrogen and oxygen atoms in total. The van der Waals surface area contributed by atoms with E-state index in [9.17, 15) is 0 Å². The van der Waals surface area contributed by atoms with Crippen LogP contribution in [0.1, 0.15) is 0 Å². The number of benzene rings is 10. The van der Waals surface area contributed by atoms with Crippen molar-refractivity contribution in [2.24, 2.45) is 0 Å². The molecule has 0 aliphatic carbocycles. The molecule has 0 unspecified atom stereocenters. The third kappa shape index (κ3) is 4.57. The standard InChI is InChI=1S/C54H32O2/c1-2-17-38-33(13-1)14-12-24-39(38)36-15-11-16-37(31-36)51-44-22-5-3-20-42(44)50(43-21-4-6-23-45(43)51)34-27-29-35(30-28-34)52-53-46(40-18-7-9-25-48(40)55-53)32-47-41-19-8-10-26-49(41)56-54(47)52/h1-32H. The van der Waals surface area contributed by atoms with E-state index in [1.807, 2.05) is 24.3 Å². The average molecular weight is 713 g/mol. The van der Waals surface area contributed by atoms with Gasteiger partial charge in [-0.3, -0.25) is 0 Å². The highest BCUT2D eigenvalue weighted by molar-refractivity contribution is 6.23. The maximum absolute atomic E-state index is 6.63. The van der Waals surface area contributed by atoms with Gasteiger partial charge in [0.05, 0.1) is 5.56 Å². The fourth-order valence-electron chi connectivity index (χ4n) is 9.17. The molecular weight excluding hydrogens is 681 g/mol. The molecular formula is C54H32O2. The van der Waals surface area contributed by atoms with Crippen LogP contribution in [0.25, 0.3) is 121 Å². The summed E-state index contributed by atoms with van der Waals surface area (Å²) in [5.74, 6) is 0. The molecule has 0 saturated heterocycles. The van der Waals surface area contributed by atoms with Crippen LogP contribution >= 0.6 is 0 Å². The highest BCUT2D eigenvalue weighted by Crippen LogP contribution is 2.47. The summed E-state index contributed by atoms with van der Waals surface area (Å²) in [6.07, 6.45) is 0. The molecule has 0 N–H and O–H groups in total. The smallest absolute Gasteiger partial charge is 0.147 e. The third-order valence-corrected chi connectivity index (χ3v) is 11.7. The monoisotopic (exact) mass is 712 g/mol. The SMILES string of the molecule is c1cc(-c2cccc3ccccc23)cc(-c2c3ccccc3c(-c3ccc(-c4c5oc6ccccc6c5cc5c4oc4ccccc45)cc3)c3ccccc23)c1. The third-order valence-electron chi connectivity index (χ3n) is 11.7. The molecule has 0 saturated carbocycles. The maximum atomic E-state index is 6.63. The van der Waals surface area contributed by atoms with E-state index in [2.05, 4.69) is 170 Å². The van der Waals surface area contributed by atoms with Crippen LogP contribution in [-0.2, 0) is 0 Å². The van der Waals surface area contributed by atoms with Crippen LogP contribution in [0.5, 0.6) is 0 Å². The topological polar surface area (TPSA) is 26.3 Å². The van der Waals surface area contributed by atoms with E-state index < -0.39 is 0 Å². The minimum Gasteiger partial charge on any atom is -0.455 e. The Bertz CT molecular complexity index is 3370. The first-order chi connectivity index (χ1) is 27.8.